The summed E-state index contributed by atoms with van der Waals surface area (Å²) < 4.78 is 0. The largest absolute Gasteiger partial charge is 0.342 e. The molecule has 3 rings (SSSR count). The predicted octanol–water partition coefficient (Wildman–Crippen LogP) is 1.84. The van der Waals surface area contributed by atoms with Crippen LogP contribution in [0.5, 0.6) is 0 Å². The van der Waals surface area contributed by atoms with Crippen molar-refractivity contribution in [2.24, 2.45) is 0 Å². The van der Waals surface area contributed by atoms with E-state index in [1.165, 1.54) is 11.3 Å². The Balaban J connectivity index is 1.37. The Morgan fingerprint density at radius 1 is 0.917 bits per heavy atom. The minimum absolute atomic E-state index is 0.241. The fourth-order valence-corrected chi connectivity index (χ4v) is 4.14. The molecule has 0 aliphatic carbocycles. The average molecular weight is 350 g/mol. The third-order valence-corrected chi connectivity index (χ3v) is 5.89. The molecule has 132 valence electrons. The number of likely N-dealkylation sites (tertiary alicyclic amines) is 1. The summed E-state index contributed by atoms with van der Waals surface area (Å²) in [6.45, 7) is 5.46. The molecule has 0 radical (unpaired) electrons. The van der Waals surface area contributed by atoms with E-state index in [2.05, 4.69) is 16.3 Å². The minimum atomic E-state index is 0.241. The fraction of sp³-hybridized carbons (Fsp3) is 0.667. The van der Waals surface area contributed by atoms with E-state index in [9.17, 15) is 9.59 Å². The molecule has 6 heteroatoms. The highest BCUT2D eigenvalue weighted by molar-refractivity contribution is 7.09. The number of nitrogens with zero attached hydrogens (tertiary/aromatic N) is 3. The average Bonchev–Trinajstić information content (AvgIpc) is 3.14. The molecule has 0 unspecified atom stereocenters. The Morgan fingerprint density at radius 2 is 1.62 bits per heavy atom. The van der Waals surface area contributed by atoms with Crippen LogP contribution in [0.2, 0.25) is 0 Å². The maximum atomic E-state index is 12.3. The topological polar surface area (TPSA) is 43.9 Å². The first-order chi connectivity index (χ1) is 11.7. The van der Waals surface area contributed by atoms with E-state index < -0.39 is 0 Å². The van der Waals surface area contributed by atoms with Crippen molar-refractivity contribution in [3.05, 3.63) is 22.4 Å². The maximum absolute atomic E-state index is 12.3. The second kappa shape index (κ2) is 8.62. The molecule has 2 aliphatic heterocycles. The molecule has 1 aromatic heterocycles. The molecule has 0 bridgehead atoms. The summed E-state index contributed by atoms with van der Waals surface area (Å²) in [5.41, 5.74) is 0. The third-order valence-electron chi connectivity index (χ3n) is 4.96. The van der Waals surface area contributed by atoms with Gasteiger partial charge in [-0.05, 0) is 37.1 Å². The first-order valence-electron chi connectivity index (χ1n) is 9.02. The monoisotopic (exact) mass is 349 g/mol. The van der Waals surface area contributed by atoms with E-state index in [0.29, 0.717) is 13.0 Å². The Kier molecular flexibility index (Phi) is 6.26. The summed E-state index contributed by atoms with van der Waals surface area (Å²) in [5.74, 6) is 0.498. The van der Waals surface area contributed by atoms with E-state index in [1.54, 1.807) is 11.3 Å². The lowest BCUT2D eigenvalue weighted by atomic mass is 10.1. The van der Waals surface area contributed by atoms with Crippen LogP contribution in [0.3, 0.4) is 0 Å². The number of carbonyl (C=O) groups is 2. The molecular formula is C18H27N3O2S. The minimum Gasteiger partial charge on any atom is -0.342 e. The van der Waals surface area contributed by atoms with Gasteiger partial charge >= 0.3 is 0 Å². The zero-order valence-corrected chi connectivity index (χ0v) is 15.1. The number of hydrogen-bond donors (Lipinski definition) is 0. The summed E-state index contributed by atoms with van der Waals surface area (Å²) >= 11 is 1.71. The highest BCUT2D eigenvalue weighted by Gasteiger charge is 2.24. The van der Waals surface area contributed by atoms with Gasteiger partial charge in [0.15, 0.2) is 0 Å². The normalized spacial score (nSPS) is 19.5. The number of hydrogen-bond acceptors (Lipinski definition) is 4. The number of rotatable bonds is 5. The van der Waals surface area contributed by atoms with Gasteiger partial charge in [0.25, 0.3) is 0 Å². The van der Waals surface area contributed by atoms with Crippen LogP contribution in [0.4, 0.5) is 0 Å². The van der Waals surface area contributed by atoms with Gasteiger partial charge in [-0.3, -0.25) is 14.5 Å². The summed E-state index contributed by atoms with van der Waals surface area (Å²) in [5, 5.41) is 2.05. The molecule has 0 atom stereocenters. The van der Waals surface area contributed by atoms with E-state index in [-0.39, 0.29) is 11.8 Å². The van der Waals surface area contributed by atoms with Crippen molar-refractivity contribution in [1.29, 1.82) is 0 Å². The standard InChI is InChI=1S/C18H27N3O2S/c22-17(7-6-16-5-4-14-24-16)21-12-10-19(11-13-21)15-18(23)20-8-2-1-3-9-20/h4-5,14H,1-3,6-13,15H2. The van der Waals surface area contributed by atoms with Crippen LogP contribution in [0, 0.1) is 0 Å². The molecule has 2 aliphatic rings. The number of piperazine rings is 1. The lowest BCUT2D eigenvalue weighted by Crippen LogP contribution is -2.52. The molecule has 0 spiro atoms. The van der Waals surface area contributed by atoms with Crippen molar-refractivity contribution in [3.63, 3.8) is 0 Å². The Bertz CT molecular complexity index is 532. The maximum Gasteiger partial charge on any atom is 0.236 e. The van der Waals surface area contributed by atoms with Gasteiger partial charge in [-0.25, -0.2) is 0 Å². The number of carbonyl (C=O) groups excluding carboxylic acids is 2. The van der Waals surface area contributed by atoms with Crippen molar-refractivity contribution >= 4 is 23.2 Å². The SMILES string of the molecule is O=C(CCc1cccs1)N1CCN(CC(=O)N2CCCCC2)CC1. The van der Waals surface area contributed by atoms with Crippen molar-refractivity contribution in [1.82, 2.24) is 14.7 Å². The Hall–Kier alpha value is -1.40. The van der Waals surface area contributed by atoms with Crippen LogP contribution >= 0.6 is 11.3 Å². The molecular weight excluding hydrogens is 322 g/mol. The number of amides is 2. The van der Waals surface area contributed by atoms with Gasteiger partial charge < -0.3 is 9.80 Å². The number of thiophene rings is 1. The molecule has 2 saturated heterocycles. The van der Waals surface area contributed by atoms with Crippen LogP contribution in [-0.4, -0.2) is 72.3 Å². The molecule has 1 aromatic rings. The van der Waals surface area contributed by atoms with E-state index in [1.807, 2.05) is 15.9 Å². The Morgan fingerprint density at radius 3 is 2.29 bits per heavy atom. The summed E-state index contributed by atoms with van der Waals surface area (Å²) in [4.78, 5) is 32.0. The second-order valence-corrected chi connectivity index (χ2v) is 7.71. The van der Waals surface area contributed by atoms with Gasteiger partial charge in [0.2, 0.25) is 11.8 Å². The van der Waals surface area contributed by atoms with Gasteiger partial charge in [-0.1, -0.05) is 6.07 Å². The van der Waals surface area contributed by atoms with E-state index >= 15 is 0 Å². The van der Waals surface area contributed by atoms with E-state index in [0.717, 1.165) is 58.5 Å². The molecule has 0 saturated carbocycles. The summed E-state index contributed by atoms with van der Waals surface area (Å²) in [6, 6.07) is 4.12. The van der Waals surface area contributed by atoms with Crippen LogP contribution < -0.4 is 0 Å². The zero-order chi connectivity index (χ0) is 16.8. The molecule has 3 heterocycles. The van der Waals surface area contributed by atoms with Gasteiger partial charge in [-0.2, -0.15) is 0 Å². The van der Waals surface area contributed by atoms with Crippen LogP contribution in [0.25, 0.3) is 0 Å². The van der Waals surface area contributed by atoms with Gasteiger partial charge in [-0.15, -0.1) is 11.3 Å². The van der Waals surface area contributed by atoms with Crippen molar-refractivity contribution in [2.75, 3.05) is 45.8 Å². The van der Waals surface area contributed by atoms with Crippen molar-refractivity contribution < 1.29 is 9.59 Å². The molecule has 2 amide bonds. The Labute approximate surface area is 148 Å². The fourth-order valence-electron chi connectivity index (χ4n) is 3.43. The highest BCUT2D eigenvalue weighted by Crippen LogP contribution is 2.13. The molecule has 24 heavy (non-hydrogen) atoms. The van der Waals surface area contributed by atoms with Crippen molar-refractivity contribution in [2.45, 2.75) is 32.1 Å². The third kappa shape index (κ3) is 4.80. The number of piperidine rings is 1. The predicted molar refractivity (Wildman–Crippen MR) is 96.1 cm³/mol. The van der Waals surface area contributed by atoms with E-state index in [4.69, 9.17) is 0 Å². The summed E-state index contributed by atoms with van der Waals surface area (Å²) in [6.07, 6.45) is 4.95. The molecule has 5 nitrogen and oxygen atoms in total. The van der Waals surface area contributed by atoms with Crippen molar-refractivity contribution in [3.8, 4) is 0 Å². The molecule has 2 fully saturated rings. The van der Waals surface area contributed by atoms with Crippen LogP contribution in [0.1, 0.15) is 30.6 Å². The zero-order valence-electron chi connectivity index (χ0n) is 14.3. The smallest absolute Gasteiger partial charge is 0.236 e. The van der Waals surface area contributed by atoms with Gasteiger partial charge in [0, 0.05) is 50.6 Å². The number of aryl methyl sites for hydroxylation is 1. The molecule has 0 N–H and O–H groups in total. The first kappa shape index (κ1) is 17.4. The first-order valence-corrected chi connectivity index (χ1v) is 9.90. The van der Waals surface area contributed by atoms with Gasteiger partial charge in [0.05, 0.1) is 6.54 Å². The molecule has 0 aromatic carbocycles. The lowest BCUT2D eigenvalue weighted by Gasteiger charge is -2.36. The quantitative estimate of drug-likeness (QED) is 0.815. The highest BCUT2D eigenvalue weighted by atomic mass is 32.1. The van der Waals surface area contributed by atoms with Gasteiger partial charge in [0.1, 0.15) is 0 Å². The summed E-state index contributed by atoms with van der Waals surface area (Å²) in [7, 11) is 0. The second-order valence-electron chi connectivity index (χ2n) is 6.68. The van der Waals surface area contributed by atoms with Crippen LogP contribution in [0.15, 0.2) is 17.5 Å². The lowest BCUT2D eigenvalue weighted by molar-refractivity contribution is -0.135. The van der Waals surface area contributed by atoms with Crippen LogP contribution in [-0.2, 0) is 16.0 Å².